The molecule has 0 saturated carbocycles. The summed E-state index contributed by atoms with van der Waals surface area (Å²) in [7, 11) is 0. The molecule has 0 spiro atoms. The van der Waals surface area contributed by atoms with Gasteiger partial charge < -0.3 is 5.32 Å². The normalized spacial score (nSPS) is 24.4. The van der Waals surface area contributed by atoms with Gasteiger partial charge in [0.2, 0.25) is 0 Å². The minimum atomic E-state index is 0.751. The van der Waals surface area contributed by atoms with Crippen molar-refractivity contribution in [1.29, 1.82) is 0 Å². The largest absolute Gasteiger partial charge is 0.315 e. The van der Waals surface area contributed by atoms with Crippen LogP contribution in [0.4, 0.5) is 0 Å². The zero-order chi connectivity index (χ0) is 11.1. The minimum absolute atomic E-state index is 0.751. The molecule has 2 atom stereocenters. The van der Waals surface area contributed by atoms with Gasteiger partial charge in [0, 0.05) is 18.6 Å². The molecule has 0 aromatic carbocycles. The minimum Gasteiger partial charge on any atom is -0.315 e. The molecule has 1 aliphatic rings. The molecule has 1 saturated heterocycles. The molecule has 0 aromatic rings. The first-order valence-corrected chi connectivity index (χ1v) is 6.76. The quantitative estimate of drug-likeness (QED) is 0.728. The van der Waals surface area contributed by atoms with Gasteiger partial charge >= 0.3 is 0 Å². The number of unbranched alkanes of at least 4 members (excludes halogenated alkanes) is 1. The molecule has 0 aromatic heterocycles. The van der Waals surface area contributed by atoms with Crippen LogP contribution in [0.25, 0.3) is 0 Å². The smallest absolute Gasteiger partial charge is 0.0223 e. The van der Waals surface area contributed by atoms with Crippen molar-refractivity contribution < 1.29 is 0 Å². The Kier molecular flexibility index (Phi) is 6.26. The Hall–Kier alpha value is -0.0800. The van der Waals surface area contributed by atoms with Crippen LogP contribution in [0.5, 0.6) is 0 Å². The maximum Gasteiger partial charge on any atom is 0.0223 e. The van der Waals surface area contributed by atoms with Crippen LogP contribution in [0.15, 0.2) is 0 Å². The molecule has 2 unspecified atom stereocenters. The Balaban J connectivity index is 2.45. The Bertz CT molecular complexity index is 153. The van der Waals surface area contributed by atoms with Gasteiger partial charge in [-0.3, -0.25) is 4.90 Å². The summed E-state index contributed by atoms with van der Waals surface area (Å²) in [4.78, 5) is 2.73. The number of nitrogens with zero attached hydrogens (tertiary/aromatic N) is 1. The standard InChI is InChI=1S/C13H28N2/c1-4-6-10-15(12(3)5-2)13-8-7-9-14-11-13/h12-14H,4-11H2,1-3H3. The lowest BCUT2D eigenvalue weighted by Gasteiger charge is -2.38. The van der Waals surface area contributed by atoms with Crippen molar-refractivity contribution in [1.82, 2.24) is 10.2 Å². The zero-order valence-corrected chi connectivity index (χ0v) is 10.8. The third kappa shape index (κ3) is 4.12. The second kappa shape index (κ2) is 7.24. The van der Waals surface area contributed by atoms with E-state index in [2.05, 4.69) is 31.0 Å². The number of hydrogen-bond donors (Lipinski definition) is 1. The molecule has 1 aliphatic heterocycles. The van der Waals surface area contributed by atoms with E-state index in [0.29, 0.717) is 0 Å². The second-order valence-corrected chi connectivity index (χ2v) is 4.85. The molecular formula is C13H28N2. The van der Waals surface area contributed by atoms with E-state index in [1.807, 2.05) is 0 Å². The maximum absolute atomic E-state index is 3.53. The van der Waals surface area contributed by atoms with Crippen molar-refractivity contribution in [2.75, 3.05) is 19.6 Å². The highest BCUT2D eigenvalue weighted by Gasteiger charge is 2.23. The van der Waals surface area contributed by atoms with E-state index in [-0.39, 0.29) is 0 Å². The van der Waals surface area contributed by atoms with Crippen LogP contribution in [-0.4, -0.2) is 36.6 Å². The summed E-state index contributed by atoms with van der Waals surface area (Å²) < 4.78 is 0. The van der Waals surface area contributed by atoms with Gasteiger partial charge in [0.25, 0.3) is 0 Å². The molecular weight excluding hydrogens is 184 g/mol. The lowest BCUT2D eigenvalue weighted by atomic mass is 10.0. The first-order chi connectivity index (χ1) is 7.29. The molecule has 0 aliphatic carbocycles. The summed E-state index contributed by atoms with van der Waals surface area (Å²) >= 11 is 0. The molecule has 1 fully saturated rings. The zero-order valence-electron chi connectivity index (χ0n) is 10.8. The fourth-order valence-corrected chi connectivity index (χ4v) is 2.45. The summed E-state index contributed by atoms with van der Waals surface area (Å²) in [6, 6.07) is 1.54. The van der Waals surface area contributed by atoms with Crippen LogP contribution >= 0.6 is 0 Å². The van der Waals surface area contributed by atoms with Gasteiger partial charge in [-0.05, 0) is 45.7 Å². The SMILES string of the molecule is CCCCN(C(C)CC)C1CCCNC1. The Morgan fingerprint density at radius 2 is 2.20 bits per heavy atom. The highest BCUT2D eigenvalue weighted by molar-refractivity contribution is 4.81. The van der Waals surface area contributed by atoms with E-state index in [1.54, 1.807) is 0 Å². The van der Waals surface area contributed by atoms with Crippen LogP contribution in [0.1, 0.15) is 52.9 Å². The fourth-order valence-electron chi connectivity index (χ4n) is 2.45. The van der Waals surface area contributed by atoms with E-state index in [0.717, 1.165) is 12.1 Å². The fraction of sp³-hybridized carbons (Fsp3) is 1.00. The van der Waals surface area contributed by atoms with Gasteiger partial charge in [-0.2, -0.15) is 0 Å². The van der Waals surface area contributed by atoms with Crippen molar-refractivity contribution >= 4 is 0 Å². The van der Waals surface area contributed by atoms with Crippen LogP contribution < -0.4 is 5.32 Å². The van der Waals surface area contributed by atoms with E-state index in [9.17, 15) is 0 Å². The van der Waals surface area contributed by atoms with Crippen molar-refractivity contribution in [3.8, 4) is 0 Å². The van der Waals surface area contributed by atoms with Crippen molar-refractivity contribution in [3.05, 3.63) is 0 Å². The van der Waals surface area contributed by atoms with Gasteiger partial charge in [0.05, 0.1) is 0 Å². The monoisotopic (exact) mass is 212 g/mol. The van der Waals surface area contributed by atoms with E-state index in [4.69, 9.17) is 0 Å². The van der Waals surface area contributed by atoms with Crippen molar-refractivity contribution in [2.45, 2.75) is 65.0 Å². The summed E-state index contributed by atoms with van der Waals surface area (Å²) in [5.41, 5.74) is 0. The Labute approximate surface area is 95.4 Å². The van der Waals surface area contributed by atoms with Crippen LogP contribution in [-0.2, 0) is 0 Å². The average molecular weight is 212 g/mol. The second-order valence-electron chi connectivity index (χ2n) is 4.85. The maximum atomic E-state index is 3.53. The van der Waals surface area contributed by atoms with E-state index < -0.39 is 0 Å². The van der Waals surface area contributed by atoms with Crippen molar-refractivity contribution in [3.63, 3.8) is 0 Å². The van der Waals surface area contributed by atoms with Crippen LogP contribution in [0, 0.1) is 0 Å². The predicted octanol–water partition coefficient (Wildman–Crippen LogP) is 2.64. The summed E-state index contributed by atoms with van der Waals surface area (Å²) in [6.07, 6.45) is 6.68. The summed E-state index contributed by atoms with van der Waals surface area (Å²) in [6.45, 7) is 10.7. The molecule has 0 bridgehead atoms. The first-order valence-electron chi connectivity index (χ1n) is 6.76. The molecule has 90 valence electrons. The summed E-state index contributed by atoms with van der Waals surface area (Å²) in [5.74, 6) is 0. The lowest BCUT2D eigenvalue weighted by Crippen LogP contribution is -2.49. The Morgan fingerprint density at radius 3 is 2.73 bits per heavy atom. The third-order valence-corrected chi connectivity index (χ3v) is 3.67. The highest BCUT2D eigenvalue weighted by Crippen LogP contribution is 2.16. The molecule has 0 amide bonds. The van der Waals surface area contributed by atoms with E-state index >= 15 is 0 Å². The first kappa shape index (κ1) is 13.0. The summed E-state index contributed by atoms with van der Waals surface area (Å²) in [5, 5.41) is 3.53. The highest BCUT2D eigenvalue weighted by atomic mass is 15.2. The number of hydrogen-bond acceptors (Lipinski definition) is 2. The molecule has 2 heteroatoms. The Morgan fingerprint density at radius 1 is 1.40 bits per heavy atom. The van der Waals surface area contributed by atoms with Crippen LogP contribution in [0.3, 0.4) is 0 Å². The number of rotatable bonds is 6. The van der Waals surface area contributed by atoms with Gasteiger partial charge in [-0.15, -0.1) is 0 Å². The molecule has 15 heavy (non-hydrogen) atoms. The molecule has 0 radical (unpaired) electrons. The molecule has 1 N–H and O–H groups in total. The molecule has 1 heterocycles. The lowest BCUT2D eigenvalue weighted by molar-refractivity contribution is 0.116. The topological polar surface area (TPSA) is 15.3 Å². The van der Waals surface area contributed by atoms with Gasteiger partial charge in [0.1, 0.15) is 0 Å². The van der Waals surface area contributed by atoms with E-state index in [1.165, 1.54) is 51.7 Å². The number of piperidine rings is 1. The number of nitrogens with one attached hydrogen (secondary N) is 1. The van der Waals surface area contributed by atoms with Gasteiger partial charge in [-0.25, -0.2) is 0 Å². The third-order valence-electron chi connectivity index (χ3n) is 3.67. The van der Waals surface area contributed by atoms with Gasteiger partial charge in [0.15, 0.2) is 0 Å². The van der Waals surface area contributed by atoms with Crippen LogP contribution in [0.2, 0.25) is 0 Å². The van der Waals surface area contributed by atoms with Crippen molar-refractivity contribution in [2.24, 2.45) is 0 Å². The molecule has 1 rings (SSSR count). The van der Waals surface area contributed by atoms with Gasteiger partial charge in [-0.1, -0.05) is 20.3 Å². The average Bonchev–Trinajstić information content (AvgIpc) is 2.30. The predicted molar refractivity (Wildman–Crippen MR) is 67.3 cm³/mol. The molecule has 2 nitrogen and oxygen atoms in total.